The number of hydrogen-bond donors (Lipinski definition) is 3. The Balaban J connectivity index is 2.83. The zero-order chi connectivity index (χ0) is 12.1. The van der Waals surface area contributed by atoms with Crippen molar-refractivity contribution in [1.82, 2.24) is 0 Å². The maximum absolute atomic E-state index is 13.2. The predicted molar refractivity (Wildman–Crippen MR) is 65.2 cm³/mol. The molecule has 0 bridgehead atoms. The quantitative estimate of drug-likeness (QED) is 0.700. The molecular weight excluding hydrogens is 231 g/mol. The number of anilines is 2. The fourth-order valence-corrected chi connectivity index (χ4v) is 1.61. The molecule has 3 nitrogen and oxygen atoms in total. The third-order valence-electron chi connectivity index (χ3n) is 2.42. The van der Waals surface area contributed by atoms with Gasteiger partial charge in [-0.15, -0.1) is 0 Å². The van der Waals surface area contributed by atoms with Crippen LogP contribution in [0.2, 0.25) is 5.02 Å². The van der Waals surface area contributed by atoms with Gasteiger partial charge in [-0.3, -0.25) is 0 Å². The van der Waals surface area contributed by atoms with Crippen molar-refractivity contribution in [1.29, 1.82) is 0 Å². The van der Waals surface area contributed by atoms with Crippen molar-refractivity contribution < 1.29 is 9.50 Å². The van der Waals surface area contributed by atoms with Crippen molar-refractivity contribution in [2.45, 2.75) is 25.8 Å². The molecule has 0 aliphatic heterocycles. The lowest BCUT2D eigenvalue weighted by molar-refractivity contribution is 0.278. The number of aliphatic hydroxyl groups is 1. The normalized spacial score (nSPS) is 12.5. The van der Waals surface area contributed by atoms with E-state index >= 15 is 0 Å². The minimum atomic E-state index is -0.503. The summed E-state index contributed by atoms with van der Waals surface area (Å²) in [7, 11) is 0. The second-order valence-corrected chi connectivity index (χ2v) is 4.02. The van der Waals surface area contributed by atoms with E-state index in [-0.39, 0.29) is 17.7 Å². The molecule has 1 unspecified atom stereocenters. The summed E-state index contributed by atoms with van der Waals surface area (Å²) >= 11 is 5.59. The third-order valence-corrected chi connectivity index (χ3v) is 2.71. The van der Waals surface area contributed by atoms with E-state index in [2.05, 4.69) is 5.32 Å². The maximum atomic E-state index is 13.2. The molecule has 0 aromatic heterocycles. The Morgan fingerprint density at radius 2 is 2.25 bits per heavy atom. The van der Waals surface area contributed by atoms with E-state index in [9.17, 15) is 4.39 Å². The highest BCUT2D eigenvalue weighted by Gasteiger charge is 2.10. The molecule has 16 heavy (non-hydrogen) atoms. The van der Waals surface area contributed by atoms with Crippen LogP contribution in [0.1, 0.15) is 19.8 Å². The molecule has 0 saturated carbocycles. The van der Waals surface area contributed by atoms with Gasteiger partial charge in [0, 0.05) is 18.7 Å². The number of hydrogen-bond acceptors (Lipinski definition) is 3. The summed E-state index contributed by atoms with van der Waals surface area (Å²) in [5.74, 6) is -0.503. The summed E-state index contributed by atoms with van der Waals surface area (Å²) < 4.78 is 13.2. The minimum Gasteiger partial charge on any atom is -0.397 e. The summed E-state index contributed by atoms with van der Waals surface area (Å²) in [6.45, 7) is 2.07. The molecule has 0 aliphatic rings. The fourth-order valence-electron chi connectivity index (χ4n) is 1.44. The fraction of sp³-hybridized carbons (Fsp3) is 0.455. The lowest BCUT2D eigenvalue weighted by Crippen LogP contribution is -2.20. The smallest absolute Gasteiger partial charge is 0.143 e. The first-order valence-corrected chi connectivity index (χ1v) is 5.58. The van der Waals surface area contributed by atoms with Crippen molar-refractivity contribution in [2.75, 3.05) is 17.7 Å². The molecule has 0 radical (unpaired) electrons. The Morgan fingerprint density at radius 1 is 1.56 bits per heavy atom. The van der Waals surface area contributed by atoms with Crippen molar-refractivity contribution in [3.05, 3.63) is 23.0 Å². The van der Waals surface area contributed by atoms with Gasteiger partial charge in [-0.05, 0) is 18.9 Å². The Bertz CT molecular complexity index is 360. The number of nitrogen functional groups attached to an aromatic ring is 1. The molecule has 0 aliphatic carbocycles. The van der Waals surface area contributed by atoms with E-state index in [0.29, 0.717) is 17.8 Å². The third kappa shape index (κ3) is 3.25. The van der Waals surface area contributed by atoms with Crippen LogP contribution in [0.3, 0.4) is 0 Å². The summed E-state index contributed by atoms with van der Waals surface area (Å²) in [6.07, 6.45) is 1.42. The Labute approximate surface area is 99.4 Å². The highest BCUT2D eigenvalue weighted by Crippen LogP contribution is 2.27. The van der Waals surface area contributed by atoms with Crippen LogP contribution in [-0.2, 0) is 0 Å². The molecule has 90 valence electrons. The maximum Gasteiger partial charge on any atom is 0.143 e. The van der Waals surface area contributed by atoms with Crippen molar-refractivity contribution in [3.63, 3.8) is 0 Å². The molecule has 1 aromatic rings. The summed E-state index contributed by atoms with van der Waals surface area (Å²) in [4.78, 5) is 0. The van der Waals surface area contributed by atoms with Crippen LogP contribution in [0.5, 0.6) is 0 Å². The van der Waals surface area contributed by atoms with E-state index in [1.54, 1.807) is 0 Å². The number of nitrogens with one attached hydrogen (secondary N) is 1. The summed E-state index contributed by atoms with van der Waals surface area (Å²) in [6, 6.07) is 2.73. The first-order valence-electron chi connectivity index (χ1n) is 5.20. The van der Waals surface area contributed by atoms with Crippen LogP contribution in [-0.4, -0.2) is 17.8 Å². The molecule has 0 spiro atoms. The van der Waals surface area contributed by atoms with Gasteiger partial charge in [-0.25, -0.2) is 4.39 Å². The van der Waals surface area contributed by atoms with Gasteiger partial charge in [-0.1, -0.05) is 18.5 Å². The monoisotopic (exact) mass is 246 g/mol. The number of aliphatic hydroxyl groups excluding tert-OH is 1. The zero-order valence-corrected chi connectivity index (χ0v) is 9.89. The highest BCUT2D eigenvalue weighted by molar-refractivity contribution is 6.31. The lowest BCUT2D eigenvalue weighted by Gasteiger charge is -2.18. The molecule has 1 aromatic carbocycles. The molecule has 1 atom stereocenters. The molecule has 1 rings (SSSR count). The average Bonchev–Trinajstić information content (AvgIpc) is 2.25. The Kier molecular flexibility index (Phi) is 4.83. The SMILES string of the molecule is CCC(CCO)Nc1cc(F)c(Cl)cc1N. The molecule has 5 heteroatoms. The van der Waals surface area contributed by atoms with Gasteiger partial charge in [0.1, 0.15) is 5.82 Å². The van der Waals surface area contributed by atoms with E-state index in [1.165, 1.54) is 12.1 Å². The molecule has 0 heterocycles. The zero-order valence-electron chi connectivity index (χ0n) is 9.13. The standard InChI is InChI=1S/C11H16ClFN2O/c1-2-7(3-4-16)15-11-6-9(13)8(12)5-10(11)14/h5-7,15-16H,2-4,14H2,1H3. The van der Waals surface area contributed by atoms with Crippen LogP contribution in [0.25, 0.3) is 0 Å². The lowest BCUT2D eigenvalue weighted by atomic mass is 10.1. The Morgan fingerprint density at radius 3 is 2.81 bits per heavy atom. The second-order valence-electron chi connectivity index (χ2n) is 3.62. The van der Waals surface area contributed by atoms with Crippen molar-refractivity contribution in [3.8, 4) is 0 Å². The van der Waals surface area contributed by atoms with E-state index in [0.717, 1.165) is 6.42 Å². The average molecular weight is 247 g/mol. The number of benzene rings is 1. The van der Waals surface area contributed by atoms with Gasteiger partial charge in [0.2, 0.25) is 0 Å². The van der Waals surface area contributed by atoms with Crippen LogP contribution in [0.15, 0.2) is 12.1 Å². The second kappa shape index (κ2) is 5.92. The predicted octanol–water partition coefficient (Wildman–Crippen LogP) is 2.63. The summed E-state index contributed by atoms with van der Waals surface area (Å²) in [5.41, 5.74) is 6.63. The van der Waals surface area contributed by atoms with Gasteiger partial charge in [0.25, 0.3) is 0 Å². The van der Waals surface area contributed by atoms with E-state index < -0.39 is 5.82 Å². The molecule has 0 saturated heterocycles. The highest BCUT2D eigenvalue weighted by atomic mass is 35.5. The van der Waals surface area contributed by atoms with Crippen LogP contribution in [0.4, 0.5) is 15.8 Å². The molecule has 4 N–H and O–H groups in total. The molecule has 0 fully saturated rings. The molecule has 0 amide bonds. The minimum absolute atomic E-state index is 0.0123. The van der Waals surface area contributed by atoms with Gasteiger partial charge >= 0.3 is 0 Å². The van der Waals surface area contributed by atoms with Gasteiger partial charge in [-0.2, -0.15) is 0 Å². The van der Waals surface area contributed by atoms with Gasteiger partial charge in [0.05, 0.1) is 16.4 Å². The largest absolute Gasteiger partial charge is 0.397 e. The van der Waals surface area contributed by atoms with Crippen LogP contribution in [0, 0.1) is 5.82 Å². The number of nitrogens with two attached hydrogens (primary N) is 1. The topological polar surface area (TPSA) is 58.3 Å². The number of halogens is 2. The molecular formula is C11H16ClFN2O. The van der Waals surface area contributed by atoms with Crippen LogP contribution >= 0.6 is 11.6 Å². The van der Waals surface area contributed by atoms with Crippen molar-refractivity contribution in [2.24, 2.45) is 0 Å². The Hall–Kier alpha value is -1.00. The van der Waals surface area contributed by atoms with Crippen LogP contribution < -0.4 is 11.1 Å². The van der Waals surface area contributed by atoms with E-state index in [4.69, 9.17) is 22.4 Å². The first kappa shape index (κ1) is 13.1. The number of rotatable bonds is 5. The first-order chi connectivity index (χ1) is 7.58. The van der Waals surface area contributed by atoms with Gasteiger partial charge < -0.3 is 16.2 Å². The van der Waals surface area contributed by atoms with Crippen molar-refractivity contribution >= 4 is 23.0 Å². The summed E-state index contributed by atoms with van der Waals surface area (Å²) in [5, 5.41) is 11.9. The van der Waals surface area contributed by atoms with Gasteiger partial charge in [0.15, 0.2) is 0 Å². The van der Waals surface area contributed by atoms with E-state index in [1.807, 2.05) is 6.92 Å².